The smallest absolute Gasteiger partial charge is 0.274 e. The van der Waals surface area contributed by atoms with E-state index in [9.17, 15) is 9.59 Å². The predicted octanol–water partition coefficient (Wildman–Crippen LogP) is 3.17. The first-order valence-corrected chi connectivity index (χ1v) is 10.8. The molecule has 1 atom stereocenters. The molecule has 1 aliphatic heterocycles. The summed E-state index contributed by atoms with van der Waals surface area (Å²) in [4.78, 5) is 39.4. The van der Waals surface area contributed by atoms with Crippen LogP contribution in [0.2, 0.25) is 5.02 Å². The molecule has 2 aromatic heterocycles. The number of fused-ring (bicyclic) bond motifs is 1. The van der Waals surface area contributed by atoms with Crippen LogP contribution in [0.4, 0.5) is 0 Å². The summed E-state index contributed by atoms with van der Waals surface area (Å²) < 4.78 is 7.10. The van der Waals surface area contributed by atoms with Crippen LogP contribution in [0.5, 0.6) is 5.75 Å². The van der Waals surface area contributed by atoms with Gasteiger partial charge in [0, 0.05) is 18.1 Å². The van der Waals surface area contributed by atoms with Crippen molar-refractivity contribution < 1.29 is 14.4 Å². The van der Waals surface area contributed by atoms with E-state index in [1.54, 1.807) is 18.2 Å². The minimum absolute atomic E-state index is 0.0685. The van der Waals surface area contributed by atoms with Crippen molar-refractivity contribution in [1.82, 2.24) is 24.9 Å². The monoisotopic (exact) mass is 478 g/mol. The van der Waals surface area contributed by atoms with Crippen LogP contribution in [0.25, 0.3) is 17.2 Å². The van der Waals surface area contributed by atoms with E-state index >= 15 is 0 Å². The van der Waals surface area contributed by atoms with Crippen LogP contribution in [-0.4, -0.2) is 37.4 Å². The van der Waals surface area contributed by atoms with Crippen molar-refractivity contribution in [2.24, 2.45) is 5.16 Å². The number of hydrogen-bond donors (Lipinski definition) is 2. The average Bonchev–Trinajstić information content (AvgIpc) is 3.44. The minimum Gasteiger partial charge on any atom is -0.486 e. The molecule has 0 radical (unpaired) electrons. The van der Waals surface area contributed by atoms with Gasteiger partial charge in [0.2, 0.25) is 0 Å². The van der Waals surface area contributed by atoms with E-state index in [1.165, 1.54) is 10.6 Å². The summed E-state index contributed by atoms with van der Waals surface area (Å²) in [5.74, 6) is 0.913. The van der Waals surface area contributed by atoms with Crippen molar-refractivity contribution in [3.63, 3.8) is 0 Å². The molecule has 0 saturated heterocycles. The van der Waals surface area contributed by atoms with Gasteiger partial charge in [-0.05, 0) is 19.1 Å². The van der Waals surface area contributed by atoms with Gasteiger partial charge in [-0.2, -0.15) is 9.50 Å². The van der Waals surface area contributed by atoms with E-state index in [4.69, 9.17) is 21.2 Å². The van der Waals surface area contributed by atoms with Gasteiger partial charge in [-0.25, -0.2) is 4.98 Å². The maximum Gasteiger partial charge on any atom is 0.274 e. The predicted molar refractivity (Wildman–Crippen MR) is 125 cm³/mol. The lowest BCUT2D eigenvalue weighted by molar-refractivity contribution is 0.0963. The fraction of sp³-hybridized carbons (Fsp3) is 0.174. The van der Waals surface area contributed by atoms with Crippen molar-refractivity contribution in [3.05, 3.63) is 81.2 Å². The number of oxime groups is 1. The van der Waals surface area contributed by atoms with E-state index in [2.05, 4.69) is 25.5 Å². The summed E-state index contributed by atoms with van der Waals surface area (Å²) in [6, 6.07) is 15.6. The Morgan fingerprint density at radius 1 is 1.24 bits per heavy atom. The summed E-state index contributed by atoms with van der Waals surface area (Å²) >= 11 is 6.29. The minimum atomic E-state index is -0.472. The molecule has 0 bridgehead atoms. The van der Waals surface area contributed by atoms with Gasteiger partial charge < -0.3 is 14.9 Å². The lowest BCUT2D eigenvalue weighted by Crippen LogP contribution is -2.30. The van der Waals surface area contributed by atoms with Crippen LogP contribution < -0.4 is 15.6 Å². The maximum atomic E-state index is 12.8. The molecule has 1 aliphatic rings. The van der Waals surface area contributed by atoms with Crippen molar-refractivity contribution in [2.75, 3.05) is 0 Å². The molecule has 3 heterocycles. The van der Waals surface area contributed by atoms with Gasteiger partial charge in [0.1, 0.15) is 24.0 Å². The van der Waals surface area contributed by atoms with E-state index in [0.717, 1.165) is 5.56 Å². The molecule has 0 spiro atoms. The van der Waals surface area contributed by atoms with Crippen molar-refractivity contribution in [1.29, 1.82) is 0 Å². The number of aromatic amines is 1. The molecule has 34 heavy (non-hydrogen) atoms. The highest BCUT2D eigenvalue weighted by Crippen LogP contribution is 2.27. The molecule has 2 aromatic carbocycles. The highest BCUT2D eigenvalue weighted by Gasteiger charge is 2.23. The molecule has 2 N–H and O–H groups in total. The quantitative estimate of drug-likeness (QED) is 0.454. The molecule has 0 fully saturated rings. The third-order valence-electron chi connectivity index (χ3n) is 5.09. The normalized spacial score (nSPS) is 15.1. The van der Waals surface area contributed by atoms with Gasteiger partial charge in [0.05, 0.1) is 10.7 Å². The number of ether oxygens (including phenoxy) is 1. The second-order valence-corrected chi connectivity index (χ2v) is 8.08. The highest BCUT2D eigenvalue weighted by atomic mass is 35.5. The third-order valence-corrected chi connectivity index (χ3v) is 5.41. The summed E-state index contributed by atoms with van der Waals surface area (Å²) in [5, 5.41) is 9.70. The Kier molecular flexibility index (Phi) is 5.72. The second-order valence-electron chi connectivity index (χ2n) is 7.67. The van der Waals surface area contributed by atoms with Crippen LogP contribution in [0, 0.1) is 0 Å². The largest absolute Gasteiger partial charge is 0.486 e. The molecular weight excluding hydrogens is 460 g/mol. The van der Waals surface area contributed by atoms with E-state index in [0.29, 0.717) is 23.8 Å². The third kappa shape index (κ3) is 4.35. The first kappa shape index (κ1) is 21.7. The van der Waals surface area contributed by atoms with Crippen LogP contribution >= 0.6 is 11.6 Å². The first-order chi connectivity index (χ1) is 16.5. The second kappa shape index (κ2) is 8.99. The van der Waals surface area contributed by atoms with Crippen molar-refractivity contribution >= 4 is 29.1 Å². The van der Waals surface area contributed by atoms with Crippen LogP contribution in [0.15, 0.2) is 64.5 Å². The topological polar surface area (TPSA) is 123 Å². The number of carbonyl (C=O) groups is 1. The lowest BCUT2D eigenvalue weighted by atomic mass is 10.1. The molecule has 10 nitrogen and oxygen atoms in total. The first-order valence-electron chi connectivity index (χ1n) is 10.5. The highest BCUT2D eigenvalue weighted by molar-refractivity contribution is 6.34. The van der Waals surface area contributed by atoms with Gasteiger partial charge in [0.15, 0.2) is 11.7 Å². The van der Waals surface area contributed by atoms with Crippen molar-refractivity contribution in [3.8, 4) is 17.1 Å². The van der Waals surface area contributed by atoms with Crippen LogP contribution in [0.1, 0.15) is 29.4 Å². The summed E-state index contributed by atoms with van der Waals surface area (Å²) in [6.45, 7) is 1.78. The molecule has 0 aliphatic carbocycles. The van der Waals surface area contributed by atoms with Gasteiger partial charge in [-0.1, -0.05) is 53.2 Å². The SMILES string of the molecule is CC1CC(NC(=O)c2c(Cl)cccc2OCc2cc(=O)n3[nH]c(-c4ccccc4)nc3n2)=NO1. The maximum absolute atomic E-state index is 12.8. The molecule has 11 heteroatoms. The molecule has 5 rings (SSSR count). The zero-order chi connectivity index (χ0) is 23.7. The average molecular weight is 479 g/mol. The summed E-state index contributed by atoms with van der Waals surface area (Å²) in [7, 11) is 0. The fourth-order valence-electron chi connectivity index (χ4n) is 3.49. The van der Waals surface area contributed by atoms with Crippen molar-refractivity contribution in [2.45, 2.75) is 26.1 Å². The van der Waals surface area contributed by atoms with Gasteiger partial charge in [-0.3, -0.25) is 14.7 Å². The number of H-pyrrole nitrogens is 1. The molecular formula is C23H19ClN6O4. The molecule has 1 amide bonds. The number of hydrogen-bond acceptors (Lipinski definition) is 7. The van der Waals surface area contributed by atoms with Gasteiger partial charge in [-0.15, -0.1) is 0 Å². The number of nitrogens with one attached hydrogen (secondary N) is 2. The number of nitrogens with zero attached hydrogens (tertiary/aromatic N) is 4. The number of halogens is 1. The Hall–Kier alpha value is -4.18. The number of rotatable bonds is 5. The number of aromatic nitrogens is 4. The number of amides is 1. The van der Waals surface area contributed by atoms with Gasteiger partial charge in [0.25, 0.3) is 17.2 Å². The lowest BCUT2D eigenvalue weighted by Gasteiger charge is -2.12. The molecule has 172 valence electrons. The van der Waals surface area contributed by atoms with Crippen LogP contribution in [0.3, 0.4) is 0 Å². The van der Waals surface area contributed by atoms with E-state index in [1.807, 2.05) is 37.3 Å². The summed E-state index contributed by atoms with van der Waals surface area (Å²) in [5.41, 5.74) is 0.988. The molecule has 0 saturated carbocycles. The Balaban J connectivity index is 1.38. The molecule has 4 aromatic rings. The Morgan fingerprint density at radius 3 is 2.82 bits per heavy atom. The Morgan fingerprint density at radius 2 is 2.06 bits per heavy atom. The zero-order valence-electron chi connectivity index (χ0n) is 18.0. The number of benzene rings is 2. The fourth-order valence-corrected chi connectivity index (χ4v) is 3.74. The zero-order valence-corrected chi connectivity index (χ0v) is 18.7. The standard InChI is InChI=1S/C23H19ClN6O4/c1-13-10-18(29-34-13)26-22(32)20-16(24)8-5-9-17(20)33-12-15-11-19(31)30-23(25-15)27-21(28-30)14-6-3-2-4-7-14/h2-9,11,13H,10,12H2,1H3,(H,25,27,28)(H,26,29,32). The Bertz CT molecular complexity index is 1460. The van der Waals surface area contributed by atoms with Crippen LogP contribution in [-0.2, 0) is 11.4 Å². The van der Waals surface area contributed by atoms with E-state index < -0.39 is 5.91 Å². The molecule has 1 unspecified atom stereocenters. The number of carbonyl (C=O) groups excluding carboxylic acids is 1. The Labute approximate surface area is 198 Å². The number of amidine groups is 1. The van der Waals surface area contributed by atoms with E-state index in [-0.39, 0.29) is 40.4 Å². The summed E-state index contributed by atoms with van der Waals surface area (Å²) in [6.07, 6.45) is 0.372. The van der Waals surface area contributed by atoms with Gasteiger partial charge >= 0.3 is 0 Å².